The average Bonchev–Trinajstić information content (AvgIpc) is 2.96. The molecule has 1 aliphatic heterocycles. The number of carbonyl (C=O) groups excluding carboxylic acids is 1. The van der Waals surface area contributed by atoms with Crippen LogP contribution in [0.3, 0.4) is 0 Å². The molecule has 1 aromatic carbocycles. The van der Waals surface area contributed by atoms with Gasteiger partial charge in [-0.2, -0.15) is 9.78 Å². The molecule has 1 aromatic heterocycles. The lowest BCUT2D eigenvalue weighted by molar-refractivity contribution is 0.245. The largest absolute Gasteiger partial charge is 0.346 e. The fourth-order valence-electron chi connectivity index (χ4n) is 3.27. The Labute approximate surface area is 152 Å². The third-order valence-corrected chi connectivity index (χ3v) is 4.66. The molecule has 140 valence electrons. The highest BCUT2D eigenvalue weighted by molar-refractivity contribution is 5.91. The highest BCUT2D eigenvalue weighted by atomic mass is 19.1. The number of hydrogen-bond acceptors (Lipinski definition) is 3. The number of halogens is 2. The molecule has 0 saturated carbocycles. The molecule has 2 heterocycles. The van der Waals surface area contributed by atoms with Crippen LogP contribution in [0.25, 0.3) is 0 Å². The lowest BCUT2D eigenvalue weighted by Crippen LogP contribution is -2.33. The van der Waals surface area contributed by atoms with Gasteiger partial charge in [0.15, 0.2) is 0 Å². The van der Waals surface area contributed by atoms with Gasteiger partial charge in [0.1, 0.15) is 11.6 Å². The van der Waals surface area contributed by atoms with Gasteiger partial charge in [0.05, 0.1) is 17.1 Å². The molecular formula is C19H24F2N4O. The molecule has 3 rings (SSSR count). The molecular weight excluding hydrogens is 338 g/mol. The van der Waals surface area contributed by atoms with Gasteiger partial charge >= 0.3 is 6.03 Å². The van der Waals surface area contributed by atoms with E-state index in [1.54, 1.807) is 0 Å². The van der Waals surface area contributed by atoms with Gasteiger partial charge in [-0.25, -0.2) is 13.6 Å². The molecule has 26 heavy (non-hydrogen) atoms. The van der Waals surface area contributed by atoms with E-state index in [1.807, 2.05) is 0 Å². The summed E-state index contributed by atoms with van der Waals surface area (Å²) in [6, 6.07) is 2.53. The molecule has 1 aliphatic rings. The molecule has 0 spiro atoms. The van der Waals surface area contributed by atoms with Gasteiger partial charge in [-0.3, -0.25) is 4.90 Å². The average molecular weight is 362 g/mol. The highest BCUT2D eigenvalue weighted by Crippen LogP contribution is 2.31. The van der Waals surface area contributed by atoms with Crippen molar-refractivity contribution in [2.45, 2.75) is 46.1 Å². The number of carbonyl (C=O) groups is 1. The van der Waals surface area contributed by atoms with Crippen LogP contribution in [0.4, 0.5) is 19.3 Å². The fraction of sp³-hybridized carbons (Fsp3) is 0.474. The lowest BCUT2D eigenvalue weighted by atomic mass is 9.87. The van der Waals surface area contributed by atoms with Crippen molar-refractivity contribution in [1.82, 2.24) is 14.7 Å². The quantitative estimate of drug-likeness (QED) is 0.881. The Kier molecular flexibility index (Phi) is 4.84. The van der Waals surface area contributed by atoms with Crippen molar-refractivity contribution in [2.75, 3.05) is 18.4 Å². The van der Waals surface area contributed by atoms with Crippen molar-refractivity contribution < 1.29 is 13.6 Å². The van der Waals surface area contributed by atoms with E-state index in [0.29, 0.717) is 6.42 Å². The summed E-state index contributed by atoms with van der Waals surface area (Å²) in [6.45, 7) is 10.8. The molecule has 0 aliphatic carbocycles. The van der Waals surface area contributed by atoms with Crippen LogP contribution in [-0.2, 0) is 18.4 Å². The van der Waals surface area contributed by atoms with E-state index in [-0.39, 0.29) is 11.1 Å². The van der Waals surface area contributed by atoms with Crippen molar-refractivity contribution >= 4 is 11.7 Å². The van der Waals surface area contributed by atoms with Crippen molar-refractivity contribution in [3.63, 3.8) is 0 Å². The van der Waals surface area contributed by atoms with Crippen LogP contribution >= 0.6 is 0 Å². The van der Waals surface area contributed by atoms with Crippen LogP contribution in [0.5, 0.6) is 0 Å². The molecule has 0 radical (unpaired) electrons. The molecule has 0 unspecified atom stereocenters. The molecule has 0 fully saturated rings. The predicted octanol–water partition coefficient (Wildman–Crippen LogP) is 3.92. The zero-order chi connectivity index (χ0) is 19.1. The van der Waals surface area contributed by atoms with E-state index in [0.717, 1.165) is 48.7 Å². The Bertz CT molecular complexity index is 839. The third kappa shape index (κ3) is 3.49. The number of anilines is 1. The highest BCUT2D eigenvalue weighted by Gasteiger charge is 2.31. The van der Waals surface area contributed by atoms with Gasteiger partial charge < -0.3 is 5.32 Å². The monoisotopic (exact) mass is 362 g/mol. The summed E-state index contributed by atoms with van der Waals surface area (Å²) in [4.78, 5) is 15.0. The number of likely N-dealkylation sites (N-methyl/N-ethyl adjacent to an activating group) is 1. The number of hydrogen-bond donors (Lipinski definition) is 1. The van der Waals surface area contributed by atoms with Crippen molar-refractivity contribution in [1.29, 1.82) is 0 Å². The number of fused-ring (bicyclic) bond motifs is 1. The SMILES string of the molecule is CCN1CCc2c(c(C(C)(C)C)nn2C(=O)Nc2ccc(F)cc2F)C1. The van der Waals surface area contributed by atoms with E-state index in [4.69, 9.17) is 0 Å². The molecule has 1 amide bonds. The number of aromatic nitrogens is 2. The Morgan fingerprint density at radius 3 is 2.65 bits per heavy atom. The van der Waals surface area contributed by atoms with Gasteiger partial charge in [0.25, 0.3) is 0 Å². The zero-order valence-electron chi connectivity index (χ0n) is 15.6. The van der Waals surface area contributed by atoms with Gasteiger partial charge in [0.2, 0.25) is 0 Å². The number of nitrogens with one attached hydrogen (secondary N) is 1. The molecule has 1 N–H and O–H groups in total. The van der Waals surface area contributed by atoms with Crippen molar-refractivity contribution in [2.24, 2.45) is 0 Å². The van der Waals surface area contributed by atoms with E-state index >= 15 is 0 Å². The summed E-state index contributed by atoms with van der Waals surface area (Å²) < 4.78 is 28.3. The fourth-order valence-corrected chi connectivity index (χ4v) is 3.27. The second-order valence-corrected chi connectivity index (χ2v) is 7.61. The van der Waals surface area contributed by atoms with Gasteiger partial charge in [-0.15, -0.1) is 0 Å². The van der Waals surface area contributed by atoms with Gasteiger partial charge in [0, 0.05) is 36.6 Å². The zero-order valence-corrected chi connectivity index (χ0v) is 15.6. The summed E-state index contributed by atoms with van der Waals surface area (Å²) >= 11 is 0. The summed E-state index contributed by atoms with van der Waals surface area (Å²) in [7, 11) is 0. The van der Waals surface area contributed by atoms with Gasteiger partial charge in [-0.05, 0) is 18.7 Å². The Morgan fingerprint density at radius 1 is 1.31 bits per heavy atom. The van der Waals surface area contributed by atoms with Crippen LogP contribution in [0.1, 0.15) is 44.6 Å². The van der Waals surface area contributed by atoms with Crippen LogP contribution in [0.2, 0.25) is 0 Å². The Balaban J connectivity index is 1.97. The number of rotatable bonds is 2. The smallest absolute Gasteiger partial charge is 0.303 e. The van der Waals surface area contributed by atoms with Crippen LogP contribution in [-0.4, -0.2) is 33.8 Å². The maximum Gasteiger partial charge on any atom is 0.346 e. The van der Waals surface area contributed by atoms with E-state index in [1.165, 1.54) is 10.7 Å². The maximum absolute atomic E-state index is 13.9. The Hall–Kier alpha value is -2.28. The normalized spacial score (nSPS) is 15.0. The molecule has 0 atom stereocenters. The lowest BCUT2D eigenvalue weighted by Gasteiger charge is -2.28. The predicted molar refractivity (Wildman–Crippen MR) is 96.4 cm³/mol. The van der Waals surface area contributed by atoms with E-state index in [9.17, 15) is 13.6 Å². The second kappa shape index (κ2) is 6.79. The summed E-state index contributed by atoms with van der Waals surface area (Å²) in [5.41, 5.74) is 2.53. The minimum atomic E-state index is -0.812. The Morgan fingerprint density at radius 2 is 2.04 bits per heavy atom. The molecule has 0 saturated heterocycles. The second-order valence-electron chi connectivity index (χ2n) is 7.61. The molecule has 5 nitrogen and oxygen atoms in total. The molecule has 0 bridgehead atoms. The first-order valence-corrected chi connectivity index (χ1v) is 8.80. The van der Waals surface area contributed by atoms with E-state index in [2.05, 4.69) is 43.0 Å². The number of nitrogens with zero attached hydrogens (tertiary/aromatic N) is 3. The first-order valence-electron chi connectivity index (χ1n) is 8.80. The third-order valence-electron chi connectivity index (χ3n) is 4.66. The van der Waals surface area contributed by atoms with Crippen LogP contribution < -0.4 is 5.32 Å². The number of amides is 1. The maximum atomic E-state index is 13.9. The van der Waals surface area contributed by atoms with Gasteiger partial charge in [-0.1, -0.05) is 27.7 Å². The summed E-state index contributed by atoms with van der Waals surface area (Å²) in [5, 5.41) is 7.06. The first kappa shape index (κ1) is 18.5. The minimum Gasteiger partial charge on any atom is -0.303 e. The first-order chi connectivity index (χ1) is 12.2. The van der Waals surface area contributed by atoms with Crippen LogP contribution in [0, 0.1) is 11.6 Å². The summed E-state index contributed by atoms with van der Waals surface area (Å²) in [5.74, 6) is -1.50. The topological polar surface area (TPSA) is 50.2 Å². The van der Waals surface area contributed by atoms with Crippen molar-refractivity contribution in [3.05, 3.63) is 46.8 Å². The summed E-state index contributed by atoms with van der Waals surface area (Å²) in [6.07, 6.45) is 0.700. The molecule has 2 aromatic rings. The molecule has 7 heteroatoms. The van der Waals surface area contributed by atoms with Crippen molar-refractivity contribution in [3.8, 4) is 0 Å². The van der Waals surface area contributed by atoms with E-state index < -0.39 is 17.7 Å². The standard InChI is InChI=1S/C19H24F2N4O/c1-5-24-9-8-16-13(11-24)17(19(2,3)4)23-25(16)18(26)22-15-7-6-12(20)10-14(15)21/h6-7,10H,5,8-9,11H2,1-4H3,(H,22,26). The minimum absolute atomic E-state index is 0.0658. The number of benzene rings is 1. The van der Waals surface area contributed by atoms with Crippen LogP contribution in [0.15, 0.2) is 18.2 Å².